The van der Waals surface area contributed by atoms with E-state index < -0.39 is 28.6 Å². The fourth-order valence-electron chi connectivity index (χ4n) is 2.54. The monoisotopic (exact) mass is 403 g/mol. The second-order valence-corrected chi connectivity index (χ2v) is 8.63. The standard InChI is InChI=1S/C21H25NO5S/c1-13-6-8-18(10-15(13)3)21(24)17(5)27-20(23)12-22-28(25,26)19-9-7-14(2)16(4)11-19/h6-11,17,22H,12H2,1-5H3/t17-/m1/s1. The number of hydrogen-bond donors (Lipinski definition) is 1. The van der Waals surface area contributed by atoms with Crippen LogP contribution >= 0.6 is 0 Å². The fourth-order valence-corrected chi connectivity index (χ4v) is 3.59. The maximum Gasteiger partial charge on any atom is 0.321 e. The van der Waals surface area contributed by atoms with E-state index in [1.807, 2.05) is 33.8 Å². The van der Waals surface area contributed by atoms with Crippen LogP contribution in [0.4, 0.5) is 0 Å². The van der Waals surface area contributed by atoms with Crippen molar-refractivity contribution in [1.82, 2.24) is 4.72 Å². The summed E-state index contributed by atoms with van der Waals surface area (Å²) >= 11 is 0. The molecule has 0 unspecified atom stereocenters. The molecule has 0 heterocycles. The number of carbonyl (C=O) groups is 2. The number of ether oxygens (including phenoxy) is 1. The zero-order valence-corrected chi connectivity index (χ0v) is 17.5. The first kappa shape index (κ1) is 21.8. The van der Waals surface area contributed by atoms with Gasteiger partial charge in [-0.25, -0.2) is 8.42 Å². The molecule has 0 aliphatic heterocycles. The van der Waals surface area contributed by atoms with Crippen LogP contribution in [0.2, 0.25) is 0 Å². The molecular weight excluding hydrogens is 378 g/mol. The van der Waals surface area contributed by atoms with Gasteiger partial charge in [0.2, 0.25) is 15.8 Å². The van der Waals surface area contributed by atoms with Gasteiger partial charge in [-0.1, -0.05) is 18.2 Å². The van der Waals surface area contributed by atoms with Crippen LogP contribution in [-0.4, -0.2) is 32.8 Å². The van der Waals surface area contributed by atoms with Gasteiger partial charge >= 0.3 is 5.97 Å². The van der Waals surface area contributed by atoms with Gasteiger partial charge in [-0.3, -0.25) is 9.59 Å². The van der Waals surface area contributed by atoms with E-state index in [-0.39, 0.29) is 10.7 Å². The molecule has 0 radical (unpaired) electrons. The van der Waals surface area contributed by atoms with E-state index in [0.717, 1.165) is 22.3 Å². The quantitative estimate of drug-likeness (QED) is 0.567. The number of sulfonamides is 1. The van der Waals surface area contributed by atoms with Gasteiger partial charge in [0, 0.05) is 5.56 Å². The predicted octanol–water partition coefficient (Wildman–Crippen LogP) is 3.01. The van der Waals surface area contributed by atoms with Crippen molar-refractivity contribution in [2.24, 2.45) is 0 Å². The van der Waals surface area contributed by atoms with Gasteiger partial charge in [-0.2, -0.15) is 4.72 Å². The maximum atomic E-state index is 12.4. The molecule has 0 aliphatic rings. The molecule has 2 aromatic rings. The lowest BCUT2D eigenvalue weighted by Crippen LogP contribution is -2.34. The number of benzene rings is 2. The Morgan fingerprint density at radius 2 is 1.50 bits per heavy atom. The lowest BCUT2D eigenvalue weighted by molar-refractivity contribution is -0.144. The van der Waals surface area contributed by atoms with Crippen molar-refractivity contribution in [3.05, 3.63) is 64.2 Å². The maximum absolute atomic E-state index is 12.4. The molecule has 150 valence electrons. The van der Waals surface area contributed by atoms with E-state index in [9.17, 15) is 18.0 Å². The van der Waals surface area contributed by atoms with Gasteiger partial charge in [-0.15, -0.1) is 0 Å². The smallest absolute Gasteiger partial charge is 0.321 e. The minimum Gasteiger partial charge on any atom is -0.453 e. The first-order chi connectivity index (χ1) is 13.0. The van der Waals surface area contributed by atoms with Crippen LogP contribution in [0.15, 0.2) is 41.3 Å². The minimum absolute atomic E-state index is 0.0719. The average molecular weight is 404 g/mol. The Labute approximate surface area is 166 Å². The molecule has 0 bridgehead atoms. The van der Waals surface area contributed by atoms with Crippen molar-refractivity contribution >= 4 is 21.8 Å². The van der Waals surface area contributed by atoms with E-state index in [0.29, 0.717) is 5.56 Å². The van der Waals surface area contributed by atoms with Crippen molar-refractivity contribution in [1.29, 1.82) is 0 Å². The van der Waals surface area contributed by atoms with Gasteiger partial charge in [-0.05, 0) is 75.1 Å². The van der Waals surface area contributed by atoms with E-state index in [1.54, 1.807) is 18.2 Å². The highest BCUT2D eigenvalue weighted by molar-refractivity contribution is 7.89. The van der Waals surface area contributed by atoms with Crippen LogP contribution in [0.1, 0.15) is 39.5 Å². The summed E-state index contributed by atoms with van der Waals surface area (Å²) in [6, 6.07) is 9.96. The molecule has 0 saturated carbocycles. The van der Waals surface area contributed by atoms with Crippen molar-refractivity contribution in [3.8, 4) is 0 Å². The topological polar surface area (TPSA) is 89.5 Å². The van der Waals surface area contributed by atoms with Gasteiger partial charge in [0.05, 0.1) is 4.90 Å². The summed E-state index contributed by atoms with van der Waals surface area (Å²) in [5, 5.41) is 0. The molecule has 0 aromatic heterocycles. The normalized spacial score (nSPS) is 12.5. The van der Waals surface area contributed by atoms with Crippen molar-refractivity contribution < 1.29 is 22.7 Å². The lowest BCUT2D eigenvalue weighted by atomic mass is 10.0. The third-order valence-corrected chi connectivity index (χ3v) is 6.06. The zero-order valence-electron chi connectivity index (χ0n) is 16.7. The number of ketones is 1. The van der Waals surface area contributed by atoms with Crippen LogP contribution in [-0.2, 0) is 19.6 Å². The van der Waals surface area contributed by atoms with E-state index >= 15 is 0 Å². The Hall–Kier alpha value is -2.51. The Morgan fingerprint density at radius 1 is 0.929 bits per heavy atom. The van der Waals surface area contributed by atoms with Gasteiger partial charge in [0.25, 0.3) is 0 Å². The molecule has 7 heteroatoms. The second kappa shape index (κ2) is 8.67. The Kier molecular flexibility index (Phi) is 6.74. The highest BCUT2D eigenvalue weighted by atomic mass is 32.2. The van der Waals surface area contributed by atoms with Gasteiger partial charge in [0.1, 0.15) is 6.54 Å². The highest BCUT2D eigenvalue weighted by Crippen LogP contribution is 2.15. The number of carbonyl (C=O) groups excluding carboxylic acids is 2. The van der Waals surface area contributed by atoms with Crippen molar-refractivity contribution in [2.45, 2.75) is 45.6 Å². The number of esters is 1. The van der Waals surface area contributed by atoms with Crippen molar-refractivity contribution in [2.75, 3.05) is 6.54 Å². The van der Waals surface area contributed by atoms with Crippen molar-refractivity contribution in [3.63, 3.8) is 0 Å². The summed E-state index contributed by atoms with van der Waals surface area (Å²) in [4.78, 5) is 24.5. The number of nitrogens with one attached hydrogen (secondary N) is 1. The van der Waals surface area contributed by atoms with Gasteiger partial charge in [0.15, 0.2) is 6.10 Å². The molecule has 1 atom stereocenters. The first-order valence-corrected chi connectivity index (χ1v) is 10.4. The number of hydrogen-bond acceptors (Lipinski definition) is 5. The number of rotatable bonds is 7. The third-order valence-electron chi connectivity index (χ3n) is 4.66. The molecule has 0 amide bonds. The molecule has 28 heavy (non-hydrogen) atoms. The predicted molar refractivity (Wildman–Crippen MR) is 107 cm³/mol. The average Bonchev–Trinajstić information content (AvgIpc) is 2.64. The summed E-state index contributed by atoms with van der Waals surface area (Å²) in [5.41, 5.74) is 4.27. The Balaban J connectivity index is 1.98. The molecular formula is C21H25NO5S. The third kappa shape index (κ3) is 5.27. The number of aryl methyl sites for hydroxylation is 4. The molecule has 2 rings (SSSR count). The van der Waals surface area contributed by atoms with Crippen LogP contribution in [0.25, 0.3) is 0 Å². The minimum atomic E-state index is -3.85. The van der Waals surface area contributed by atoms with Crippen LogP contribution < -0.4 is 4.72 Å². The summed E-state index contributed by atoms with van der Waals surface area (Å²) in [7, 11) is -3.85. The molecule has 6 nitrogen and oxygen atoms in total. The Bertz CT molecular complexity index is 1010. The van der Waals surface area contributed by atoms with Crippen LogP contribution in [0.5, 0.6) is 0 Å². The largest absolute Gasteiger partial charge is 0.453 e. The van der Waals surface area contributed by atoms with E-state index in [2.05, 4.69) is 4.72 Å². The molecule has 0 spiro atoms. The molecule has 2 aromatic carbocycles. The van der Waals surface area contributed by atoms with Crippen LogP contribution in [0, 0.1) is 27.7 Å². The fraction of sp³-hybridized carbons (Fsp3) is 0.333. The molecule has 0 fully saturated rings. The summed E-state index contributed by atoms with van der Waals surface area (Å²) in [6.07, 6.45) is -1.01. The summed E-state index contributed by atoms with van der Waals surface area (Å²) in [5.74, 6) is -1.16. The van der Waals surface area contributed by atoms with Gasteiger partial charge < -0.3 is 4.74 Å². The Morgan fingerprint density at radius 3 is 2.07 bits per heavy atom. The molecule has 1 N–H and O–H groups in total. The lowest BCUT2D eigenvalue weighted by Gasteiger charge is -2.14. The first-order valence-electron chi connectivity index (χ1n) is 8.89. The molecule has 0 aliphatic carbocycles. The summed E-state index contributed by atoms with van der Waals surface area (Å²) in [6.45, 7) is 8.43. The second-order valence-electron chi connectivity index (χ2n) is 6.87. The van der Waals surface area contributed by atoms with E-state index in [1.165, 1.54) is 19.1 Å². The SMILES string of the molecule is Cc1ccc(C(=O)[C@@H](C)OC(=O)CNS(=O)(=O)c2ccc(C)c(C)c2)cc1C. The summed E-state index contributed by atoms with van der Waals surface area (Å²) < 4.78 is 32.0. The number of Topliss-reactive ketones (excluding diaryl/α,β-unsaturated/α-hetero) is 1. The molecule has 0 saturated heterocycles. The highest BCUT2D eigenvalue weighted by Gasteiger charge is 2.22. The zero-order chi connectivity index (χ0) is 21.1. The van der Waals surface area contributed by atoms with E-state index in [4.69, 9.17) is 4.74 Å². The van der Waals surface area contributed by atoms with Crippen LogP contribution in [0.3, 0.4) is 0 Å².